The van der Waals surface area contributed by atoms with E-state index in [4.69, 9.17) is 4.42 Å². The van der Waals surface area contributed by atoms with E-state index in [0.717, 1.165) is 17.0 Å². The Bertz CT molecular complexity index is 1110. The number of hydrogen-bond acceptors (Lipinski definition) is 7. The Kier molecular flexibility index (Phi) is 4.84. The lowest BCUT2D eigenvalue weighted by atomic mass is 10.1. The average Bonchev–Trinajstić information content (AvgIpc) is 3.39. The molecule has 4 rings (SSSR count). The minimum absolute atomic E-state index is 0.106. The van der Waals surface area contributed by atoms with Crippen LogP contribution in [0.2, 0.25) is 0 Å². The maximum absolute atomic E-state index is 12.5. The van der Waals surface area contributed by atoms with E-state index in [1.807, 2.05) is 25.3 Å². The van der Waals surface area contributed by atoms with E-state index >= 15 is 0 Å². The molecule has 0 bridgehead atoms. The quantitative estimate of drug-likeness (QED) is 0.680. The molecule has 10 heteroatoms. The van der Waals surface area contributed by atoms with Gasteiger partial charge in [0.05, 0.1) is 35.9 Å². The summed E-state index contributed by atoms with van der Waals surface area (Å²) in [6, 6.07) is 3.44. The second kappa shape index (κ2) is 7.17. The highest BCUT2D eigenvalue weighted by Crippen LogP contribution is 2.28. The molecule has 0 saturated carbocycles. The highest BCUT2D eigenvalue weighted by molar-refractivity contribution is 7.91. The number of furan rings is 1. The Labute approximate surface area is 166 Å². The lowest BCUT2D eigenvalue weighted by molar-refractivity contribution is -0.115. The second-order valence-corrected chi connectivity index (χ2v) is 9.98. The summed E-state index contributed by atoms with van der Waals surface area (Å²) in [6.07, 6.45) is 2.29. The van der Waals surface area contributed by atoms with Gasteiger partial charge in [-0.3, -0.25) is 9.48 Å². The van der Waals surface area contributed by atoms with Crippen molar-refractivity contribution < 1.29 is 17.6 Å². The number of anilines is 1. The highest BCUT2D eigenvalue weighted by Gasteiger charge is 2.31. The molecule has 1 saturated heterocycles. The maximum Gasteiger partial charge on any atom is 0.230 e. The zero-order valence-electron chi connectivity index (χ0n) is 15.5. The van der Waals surface area contributed by atoms with Gasteiger partial charge in [0, 0.05) is 16.6 Å². The molecule has 1 N–H and O–H groups in total. The van der Waals surface area contributed by atoms with E-state index in [-0.39, 0.29) is 29.9 Å². The summed E-state index contributed by atoms with van der Waals surface area (Å²) in [5.74, 6) is 0.754. The van der Waals surface area contributed by atoms with Gasteiger partial charge < -0.3 is 9.73 Å². The number of carbonyl (C=O) groups excluding carboxylic acids is 1. The molecule has 0 aromatic carbocycles. The summed E-state index contributed by atoms with van der Waals surface area (Å²) < 4.78 is 30.6. The third-order valence-corrected chi connectivity index (χ3v) is 7.40. The fourth-order valence-corrected chi connectivity index (χ4v) is 5.88. The molecule has 4 heterocycles. The van der Waals surface area contributed by atoms with Gasteiger partial charge in [-0.1, -0.05) is 0 Å². The first kappa shape index (κ1) is 18.9. The van der Waals surface area contributed by atoms with Gasteiger partial charge in [0.1, 0.15) is 5.69 Å². The van der Waals surface area contributed by atoms with Gasteiger partial charge in [0.15, 0.2) is 20.7 Å². The van der Waals surface area contributed by atoms with Crippen molar-refractivity contribution in [3.8, 4) is 11.5 Å². The number of amides is 1. The topological polar surface area (TPSA) is 107 Å². The zero-order chi connectivity index (χ0) is 19.9. The Hall–Kier alpha value is -2.46. The van der Waals surface area contributed by atoms with E-state index in [0.29, 0.717) is 23.0 Å². The Balaban J connectivity index is 1.46. The first-order valence-corrected chi connectivity index (χ1v) is 11.6. The van der Waals surface area contributed by atoms with Crippen LogP contribution in [0.4, 0.5) is 5.13 Å². The molecule has 1 atom stereocenters. The van der Waals surface area contributed by atoms with E-state index in [9.17, 15) is 13.2 Å². The van der Waals surface area contributed by atoms with Crippen LogP contribution in [0.25, 0.3) is 11.5 Å². The summed E-state index contributed by atoms with van der Waals surface area (Å²) in [4.78, 5) is 16.9. The molecule has 148 valence electrons. The molecule has 28 heavy (non-hydrogen) atoms. The van der Waals surface area contributed by atoms with Crippen molar-refractivity contribution in [3.05, 3.63) is 40.7 Å². The number of nitrogens with zero attached hydrogens (tertiary/aromatic N) is 3. The van der Waals surface area contributed by atoms with E-state index in [2.05, 4.69) is 15.4 Å². The molecular formula is C18H20N4O4S2. The van der Waals surface area contributed by atoms with Crippen molar-refractivity contribution in [2.45, 2.75) is 32.7 Å². The fraction of sp³-hybridized carbons (Fsp3) is 0.389. The highest BCUT2D eigenvalue weighted by atomic mass is 32.2. The lowest BCUT2D eigenvalue weighted by Crippen LogP contribution is -2.16. The summed E-state index contributed by atoms with van der Waals surface area (Å²) in [5, 5.41) is 9.64. The Morgan fingerprint density at radius 2 is 2.25 bits per heavy atom. The summed E-state index contributed by atoms with van der Waals surface area (Å²) in [6.45, 7) is 3.72. The van der Waals surface area contributed by atoms with Crippen molar-refractivity contribution in [1.29, 1.82) is 0 Å². The fourth-order valence-electron chi connectivity index (χ4n) is 3.47. The van der Waals surface area contributed by atoms with Crippen LogP contribution < -0.4 is 5.32 Å². The molecule has 1 aliphatic heterocycles. The van der Waals surface area contributed by atoms with Gasteiger partial charge in [0.2, 0.25) is 5.91 Å². The Morgan fingerprint density at radius 3 is 2.93 bits per heavy atom. The third-order valence-electron chi connectivity index (χ3n) is 4.89. The second-order valence-electron chi connectivity index (χ2n) is 6.89. The maximum atomic E-state index is 12.5. The van der Waals surface area contributed by atoms with Crippen molar-refractivity contribution in [3.63, 3.8) is 0 Å². The van der Waals surface area contributed by atoms with Crippen LogP contribution in [0.5, 0.6) is 0 Å². The van der Waals surface area contributed by atoms with Crippen LogP contribution >= 0.6 is 11.3 Å². The molecule has 3 aromatic heterocycles. The molecular weight excluding hydrogens is 400 g/mol. The molecule has 8 nitrogen and oxygen atoms in total. The van der Waals surface area contributed by atoms with Crippen molar-refractivity contribution >= 4 is 32.2 Å². The predicted molar refractivity (Wildman–Crippen MR) is 106 cm³/mol. The zero-order valence-corrected chi connectivity index (χ0v) is 17.1. The number of sulfone groups is 1. The van der Waals surface area contributed by atoms with E-state index < -0.39 is 9.84 Å². The predicted octanol–water partition coefficient (Wildman–Crippen LogP) is 2.76. The smallest absolute Gasteiger partial charge is 0.230 e. The Morgan fingerprint density at radius 1 is 1.43 bits per heavy atom. The molecule has 3 aromatic rings. The van der Waals surface area contributed by atoms with Crippen LogP contribution in [0.1, 0.15) is 29.4 Å². The van der Waals surface area contributed by atoms with Gasteiger partial charge in [-0.2, -0.15) is 5.10 Å². The van der Waals surface area contributed by atoms with Crippen molar-refractivity contribution in [2.75, 3.05) is 16.8 Å². The van der Waals surface area contributed by atoms with Crippen LogP contribution in [0.15, 0.2) is 28.2 Å². The number of hydrogen-bond donors (Lipinski definition) is 1. The minimum Gasteiger partial charge on any atom is -0.463 e. The van der Waals surface area contributed by atoms with Crippen LogP contribution in [-0.4, -0.2) is 40.6 Å². The van der Waals surface area contributed by atoms with Crippen molar-refractivity contribution in [2.24, 2.45) is 0 Å². The normalized spacial score (nSPS) is 18.4. The number of nitrogens with one attached hydrogen (secondary N) is 1. The molecule has 0 unspecified atom stereocenters. The molecule has 1 aliphatic rings. The summed E-state index contributed by atoms with van der Waals surface area (Å²) >= 11 is 1.33. The van der Waals surface area contributed by atoms with Crippen LogP contribution in [-0.2, 0) is 21.1 Å². The monoisotopic (exact) mass is 420 g/mol. The summed E-state index contributed by atoms with van der Waals surface area (Å²) in [5.41, 5.74) is 3.08. The van der Waals surface area contributed by atoms with Gasteiger partial charge in [-0.05, 0) is 32.4 Å². The number of rotatable bonds is 5. The molecule has 0 radical (unpaired) electrons. The number of thiazole rings is 1. The molecule has 0 aliphatic carbocycles. The first-order valence-electron chi connectivity index (χ1n) is 8.86. The van der Waals surface area contributed by atoms with Gasteiger partial charge >= 0.3 is 0 Å². The first-order chi connectivity index (χ1) is 13.3. The summed E-state index contributed by atoms with van der Waals surface area (Å²) in [7, 11) is -3.00. The third kappa shape index (κ3) is 3.74. The van der Waals surface area contributed by atoms with Gasteiger partial charge in [-0.15, -0.1) is 11.3 Å². The minimum atomic E-state index is -3.00. The van der Waals surface area contributed by atoms with Gasteiger partial charge in [0.25, 0.3) is 0 Å². The van der Waals surface area contributed by atoms with E-state index in [1.54, 1.807) is 17.0 Å². The number of aromatic nitrogens is 3. The van der Waals surface area contributed by atoms with Gasteiger partial charge in [-0.25, -0.2) is 13.4 Å². The molecule has 1 fully saturated rings. The lowest BCUT2D eigenvalue weighted by Gasteiger charge is -2.11. The molecule has 0 spiro atoms. The van der Waals surface area contributed by atoms with E-state index in [1.165, 1.54) is 11.3 Å². The molecule has 1 amide bonds. The number of carbonyl (C=O) groups is 1. The average molecular weight is 421 g/mol. The van der Waals surface area contributed by atoms with Crippen molar-refractivity contribution in [1.82, 2.24) is 14.8 Å². The standard InChI is InChI=1S/C18H20N4O4S2/c1-11-14(12(2)22(21-11)13-5-7-28(24,25)10-13)8-17(23)20-18-19-15(9-27-18)16-4-3-6-26-16/h3-4,6,9,13H,5,7-8,10H2,1-2H3,(H,19,20,23)/t13-/m0/s1. The number of aryl methyl sites for hydroxylation is 1. The largest absolute Gasteiger partial charge is 0.463 e. The van der Waals surface area contributed by atoms with Crippen LogP contribution in [0.3, 0.4) is 0 Å². The van der Waals surface area contributed by atoms with Crippen LogP contribution in [0, 0.1) is 13.8 Å². The SMILES string of the molecule is Cc1nn([C@H]2CCS(=O)(=O)C2)c(C)c1CC(=O)Nc1nc(-c2ccco2)cs1.